The molecule has 56 valence electrons. The molecule has 1 unspecified atom stereocenters. The molecule has 11 heavy (non-hydrogen) atoms. The number of rotatable bonds is 2. The van der Waals surface area contributed by atoms with E-state index in [0.29, 0.717) is 0 Å². The molecule has 0 amide bonds. The zero-order chi connectivity index (χ0) is 7.40. The van der Waals surface area contributed by atoms with E-state index in [1.807, 2.05) is 30.3 Å². The Hall–Kier alpha value is 0.180. The second kappa shape index (κ2) is 5.78. The van der Waals surface area contributed by atoms with Crippen LogP contribution in [0.4, 0.5) is 0 Å². The molecule has 0 aliphatic heterocycles. The van der Waals surface area contributed by atoms with Crippen molar-refractivity contribution < 1.29 is 36.1 Å². The molecule has 0 spiro atoms. The molecule has 1 rings (SSSR count). The van der Waals surface area contributed by atoms with Crippen LogP contribution in [0.3, 0.4) is 0 Å². The summed E-state index contributed by atoms with van der Waals surface area (Å²) in [5.41, 5.74) is 1.19. The van der Waals surface area contributed by atoms with Crippen LogP contribution in [0, 0.1) is 0 Å². The molecule has 1 aromatic rings. The molecule has 0 fully saturated rings. The summed E-state index contributed by atoms with van der Waals surface area (Å²) < 4.78 is 0. The molecule has 0 aliphatic rings. The molecule has 0 saturated heterocycles. The van der Waals surface area contributed by atoms with Gasteiger partial charge in [0.05, 0.1) is 6.10 Å². The van der Waals surface area contributed by atoms with Gasteiger partial charge in [-0.15, -0.1) is 0 Å². The predicted molar refractivity (Wildman–Crippen MR) is 42.9 cm³/mol. The summed E-state index contributed by atoms with van der Waals surface area (Å²) in [6.45, 7) is 1.80. The SMILES string of the molecule is CC(O)Cc1ccccc1.[H-].[Na+]. The molecular weight excluding hydrogens is 147 g/mol. The fraction of sp³-hybridized carbons (Fsp3) is 0.333. The first-order valence-corrected chi connectivity index (χ1v) is 3.51. The molecule has 0 saturated carbocycles. The van der Waals surface area contributed by atoms with Crippen LogP contribution in [-0.2, 0) is 6.42 Å². The van der Waals surface area contributed by atoms with E-state index < -0.39 is 0 Å². The second-order valence-electron chi connectivity index (χ2n) is 2.54. The average Bonchev–Trinajstić information content (AvgIpc) is 1.88. The summed E-state index contributed by atoms with van der Waals surface area (Å²) in [5.74, 6) is 0. The van der Waals surface area contributed by atoms with Gasteiger partial charge in [-0.2, -0.15) is 0 Å². The van der Waals surface area contributed by atoms with Crippen molar-refractivity contribution in [2.45, 2.75) is 19.4 Å². The fourth-order valence-electron chi connectivity index (χ4n) is 0.955. The number of aliphatic hydroxyl groups is 1. The Morgan fingerprint density at radius 1 is 1.36 bits per heavy atom. The van der Waals surface area contributed by atoms with Crippen LogP contribution in [0.15, 0.2) is 30.3 Å². The Bertz CT molecular complexity index is 189. The van der Waals surface area contributed by atoms with Crippen LogP contribution in [0.25, 0.3) is 0 Å². The van der Waals surface area contributed by atoms with Gasteiger partial charge in [0.1, 0.15) is 0 Å². The third kappa shape index (κ3) is 4.59. The summed E-state index contributed by atoms with van der Waals surface area (Å²) in [5, 5.41) is 9.01. The Morgan fingerprint density at radius 3 is 2.36 bits per heavy atom. The van der Waals surface area contributed by atoms with Crippen molar-refractivity contribution in [1.29, 1.82) is 0 Å². The molecular formula is C9H13NaO. The molecule has 0 heterocycles. The van der Waals surface area contributed by atoms with Crippen LogP contribution in [0.5, 0.6) is 0 Å². The molecule has 1 atom stereocenters. The minimum absolute atomic E-state index is 0. The summed E-state index contributed by atoms with van der Waals surface area (Å²) in [7, 11) is 0. The molecule has 0 aliphatic carbocycles. The van der Waals surface area contributed by atoms with E-state index >= 15 is 0 Å². The van der Waals surface area contributed by atoms with E-state index in [9.17, 15) is 0 Å². The van der Waals surface area contributed by atoms with Crippen LogP contribution >= 0.6 is 0 Å². The van der Waals surface area contributed by atoms with Crippen LogP contribution in [0.1, 0.15) is 13.9 Å². The van der Waals surface area contributed by atoms with Gasteiger partial charge in [-0.05, 0) is 18.9 Å². The van der Waals surface area contributed by atoms with Gasteiger partial charge in [0, 0.05) is 0 Å². The molecule has 2 heteroatoms. The van der Waals surface area contributed by atoms with Gasteiger partial charge in [-0.25, -0.2) is 0 Å². The van der Waals surface area contributed by atoms with Crippen molar-refractivity contribution in [3.8, 4) is 0 Å². The van der Waals surface area contributed by atoms with Gasteiger partial charge >= 0.3 is 29.6 Å². The van der Waals surface area contributed by atoms with Gasteiger partial charge in [-0.1, -0.05) is 30.3 Å². The Labute approximate surface area is 91.2 Å². The maximum absolute atomic E-state index is 9.01. The molecule has 1 nitrogen and oxygen atoms in total. The number of aliphatic hydroxyl groups excluding tert-OH is 1. The van der Waals surface area contributed by atoms with Crippen molar-refractivity contribution in [3.63, 3.8) is 0 Å². The zero-order valence-electron chi connectivity index (χ0n) is 8.12. The van der Waals surface area contributed by atoms with Crippen molar-refractivity contribution in [3.05, 3.63) is 35.9 Å². The maximum Gasteiger partial charge on any atom is 1.00 e. The monoisotopic (exact) mass is 160 g/mol. The van der Waals surface area contributed by atoms with E-state index in [-0.39, 0.29) is 37.1 Å². The zero-order valence-corrected chi connectivity index (χ0v) is 9.12. The smallest absolute Gasteiger partial charge is 1.00 e. The number of benzene rings is 1. The molecule has 0 radical (unpaired) electrons. The summed E-state index contributed by atoms with van der Waals surface area (Å²) in [6, 6.07) is 9.99. The number of hydrogen-bond acceptors (Lipinski definition) is 1. The van der Waals surface area contributed by atoms with Gasteiger partial charge < -0.3 is 6.53 Å². The minimum atomic E-state index is -0.234. The Kier molecular flexibility index (Phi) is 5.88. The third-order valence-corrected chi connectivity index (χ3v) is 1.37. The second-order valence-corrected chi connectivity index (χ2v) is 2.54. The topological polar surface area (TPSA) is 20.2 Å². The van der Waals surface area contributed by atoms with E-state index in [1.165, 1.54) is 5.56 Å². The largest absolute Gasteiger partial charge is 1.00 e. The number of hydrogen-bond donors (Lipinski definition) is 1. The van der Waals surface area contributed by atoms with Crippen molar-refractivity contribution in [1.82, 2.24) is 0 Å². The predicted octanol–water partition coefficient (Wildman–Crippen LogP) is -1.27. The third-order valence-electron chi connectivity index (χ3n) is 1.37. The van der Waals surface area contributed by atoms with Crippen molar-refractivity contribution in [2.24, 2.45) is 0 Å². The van der Waals surface area contributed by atoms with E-state index in [0.717, 1.165) is 6.42 Å². The normalized spacial score (nSPS) is 11.8. The van der Waals surface area contributed by atoms with E-state index in [2.05, 4.69) is 0 Å². The standard InChI is InChI=1S/C9H12O.Na.H/c1-8(10)7-9-5-3-2-4-6-9;;/h2-6,8,10H,7H2,1H3;;/q;+1;-1. The van der Waals surface area contributed by atoms with Crippen molar-refractivity contribution >= 4 is 0 Å². The van der Waals surface area contributed by atoms with Gasteiger partial charge in [-0.3, -0.25) is 0 Å². The van der Waals surface area contributed by atoms with Crippen LogP contribution < -0.4 is 29.6 Å². The summed E-state index contributed by atoms with van der Waals surface area (Å²) in [4.78, 5) is 0. The summed E-state index contributed by atoms with van der Waals surface area (Å²) in [6.07, 6.45) is 0.517. The first kappa shape index (κ1) is 11.2. The van der Waals surface area contributed by atoms with Gasteiger partial charge in [0.25, 0.3) is 0 Å². The van der Waals surface area contributed by atoms with E-state index in [4.69, 9.17) is 5.11 Å². The van der Waals surface area contributed by atoms with Crippen LogP contribution in [-0.4, -0.2) is 11.2 Å². The minimum Gasteiger partial charge on any atom is -1.00 e. The van der Waals surface area contributed by atoms with E-state index in [1.54, 1.807) is 6.92 Å². The quantitative estimate of drug-likeness (QED) is 0.535. The molecule has 0 bridgehead atoms. The first-order valence-electron chi connectivity index (χ1n) is 3.51. The Balaban J connectivity index is 0. The van der Waals surface area contributed by atoms with Gasteiger partial charge in [0.2, 0.25) is 0 Å². The molecule has 1 N–H and O–H groups in total. The van der Waals surface area contributed by atoms with Crippen molar-refractivity contribution in [2.75, 3.05) is 0 Å². The Morgan fingerprint density at radius 2 is 1.91 bits per heavy atom. The summed E-state index contributed by atoms with van der Waals surface area (Å²) >= 11 is 0. The maximum atomic E-state index is 9.01. The molecule has 1 aromatic carbocycles. The fourth-order valence-corrected chi connectivity index (χ4v) is 0.955. The van der Waals surface area contributed by atoms with Gasteiger partial charge in [0.15, 0.2) is 0 Å². The average molecular weight is 160 g/mol. The molecule has 0 aromatic heterocycles. The first-order chi connectivity index (χ1) is 4.79. The van der Waals surface area contributed by atoms with Crippen LogP contribution in [0.2, 0.25) is 0 Å².